The van der Waals surface area contributed by atoms with Gasteiger partial charge in [-0.3, -0.25) is 14.5 Å². The topological polar surface area (TPSA) is 60.2 Å². The van der Waals surface area contributed by atoms with Gasteiger partial charge in [0.1, 0.15) is 29.6 Å². The van der Waals surface area contributed by atoms with Crippen LogP contribution < -0.4 is 9.64 Å². The summed E-state index contributed by atoms with van der Waals surface area (Å²) >= 11 is 0. The van der Waals surface area contributed by atoms with E-state index in [4.69, 9.17) is 4.74 Å². The first-order valence-electron chi connectivity index (χ1n) is 7.88. The lowest BCUT2D eigenvalue weighted by Gasteiger charge is -2.27. The molecule has 0 radical (unpaired) electrons. The van der Waals surface area contributed by atoms with E-state index in [1.54, 1.807) is 46.2 Å². The number of ether oxygens (including phenoxy) is 1. The van der Waals surface area contributed by atoms with Crippen molar-refractivity contribution in [3.8, 4) is 5.75 Å². The second-order valence-corrected chi connectivity index (χ2v) is 5.65. The van der Waals surface area contributed by atoms with Gasteiger partial charge in [0, 0.05) is 18.4 Å². The molecule has 1 aromatic carbocycles. The van der Waals surface area contributed by atoms with Crippen molar-refractivity contribution in [2.75, 3.05) is 11.4 Å². The number of hydrogen-bond donors (Lipinski definition) is 0. The summed E-state index contributed by atoms with van der Waals surface area (Å²) in [7, 11) is 0. The molecule has 25 heavy (non-hydrogen) atoms. The molecule has 2 aromatic heterocycles. The molecule has 1 aliphatic rings. The van der Waals surface area contributed by atoms with Crippen LogP contribution >= 0.6 is 0 Å². The third-order valence-electron chi connectivity index (χ3n) is 3.99. The van der Waals surface area contributed by atoms with Crippen LogP contribution in [0.4, 0.5) is 10.1 Å². The number of carbonyl (C=O) groups is 1. The van der Waals surface area contributed by atoms with Crippen molar-refractivity contribution in [3.63, 3.8) is 0 Å². The molecule has 0 unspecified atom stereocenters. The van der Waals surface area contributed by atoms with E-state index in [1.165, 1.54) is 12.1 Å². The lowest BCUT2D eigenvalue weighted by Crippen LogP contribution is -2.40. The zero-order valence-electron chi connectivity index (χ0n) is 13.3. The van der Waals surface area contributed by atoms with Crippen LogP contribution in [0.1, 0.15) is 16.2 Å². The van der Waals surface area contributed by atoms with Crippen molar-refractivity contribution < 1.29 is 13.9 Å². The molecular weight excluding hydrogens is 323 g/mol. The Morgan fingerprint density at radius 2 is 2.00 bits per heavy atom. The predicted molar refractivity (Wildman–Crippen MR) is 88.9 cm³/mol. The summed E-state index contributed by atoms with van der Waals surface area (Å²) in [5.74, 6) is 0.166. The van der Waals surface area contributed by atoms with Gasteiger partial charge in [0.2, 0.25) is 0 Å². The number of fused-ring (bicyclic) bond motifs is 1. The highest BCUT2D eigenvalue weighted by atomic mass is 19.1. The molecule has 0 atom stereocenters. The minimum atomic E-state index is -0.326. The number of amides is 1. The normalized spacial score (nSPS) is 13.6. The Labute approximate surface area is 143 Å². The van der Waals surface area contributed by atoms with Gasteiger partial charge in [-0.05, 0) is 42.5 Å². The fourth-order valence-electron chi connectivity index (χ4n) is 2.77. The summed E-state index contributed by atoms with van der Waals surface area (Å²) in [4.78, 5) is 18.3. The summed E-state index contributed by atoms with van der Waals surface area (Å²) in [6, 6.07) is 11.2. The van der Waals surface area contributed by atoms with E-state index in [0.29, 0.717) is 35.9 Å². The number of aromatic nitrogens is 3. The number of carbonyl (C=O) groups excluding carboxylic acids is 1. The third-order valence-corrected chi connectivity index (χ3v) is 3.99. The van der Waals surface area contributed by atoms with Crippen LogP contribution in [-0.2, 0) is 13.2 Å². The molecule has 1 amide bonds. The van der Waals surface area contributed by atoms with Crippen LogP contribution in [-0.4, -0.2) is 27.2 Å². The van der Waals surface area contributed by atoms with E-state index in [2.05, 4.69) is 10.1 Å². The molecule has 7 heteroatoms. The van der Waals surface area contributed by atoms with Crippen LogP contribution in [0.5, 0.6) is 5.75 Å². The molecule has 1 aliphatic heterocycles. The number of halogens is 1. The molecule has 0 aliphatic carbocycles. The number of nitrogens with zero attached hydrogens (tertiary/aromatic N) is 4. The zero-order valence-corrected chi connectivity index (χ0v) is 13.3. The maximum Gasteiger partial charge on any atom is 0.276 e. The van der Waals surface area contributed by atoms with Gasteiger partial charge < -0.3 is 9.64 Å². The Morgan fingerprint density at radius 3 is 2.76 bits per heavy atom. The maximum atomic E-state index is 13.1. The van der Waals surface area contributed by atoms with Crippen molar-refractivity contribution in [1.29, 1.82) is 0 Å². The highest BCUT2D eigenvalue weighted by Crippen LogP contribution is 2.22. The Bertz CT molecular complexity index is 893. The first-order chi connectivity index (χ1) is 12.2. The fraction of sp³-hybridized carbons (Fsp3) is 0.167. The lowest BCUT2D eigenvalue weighted by molar-refractivity contribution is 0.0962. The molecule has 0 saturated heterocycles. The molecule has 4 rings (SSSR count). The van der Waals surface area contributed by atoms with Crippen LogP contribution in [0.25, 0.3) is 0 Å². The van der Waals surface area contributed by atoms with Crippen molar-refractivity contribution in [2.24, 2.45) is 0 Å². The maximum absolute atomic E-state index is 13.1. The Kier molecular flexibility index (Phi) is 3.89. The quantitative estimate of drug-likeness (QED) is 0.734. The molecule has 0 fully saturated rings. The smallest absolute Gasteiger partial charge is 0.276 e. The van der Waals surface area contributed by atoms with Gasteiger partial charge in [0.15, 0.2) is 0 Å². The number of hydrogen-bond acceptors (Lipinski definition) is 4. The average molecular weight is 338 g/mol. The molecule has 0 bridgehead atoms. The largest absolute Gasteiger partial charge is 0.486 e. The van der Waals surface area contributed by atoms with Crippen LogP contribution in [0, 0.1) is 5.82 Å². The summed E-state index contributed by atoms with van der Waals surface area (Å²) in [6.45, 7) is 1.32. The van der Waals surface area contributed by atoms with Gasteiger partial charge in [0.25, 0.3) is 5.91 Å². The Balaban J connectivity index is 1.51. The second-order valence-electron chi connectivity index (χ2n) is 5.65. The molecule has 126 valence electrons. The summed E-state index contributed by atoms with van der Waals surface area (Å²) in [6.07, 6.45) is 3.29. The average Bonchev–Trinajstić information content (AvgIpc) is 3.06. The monoisotopic (exact) mass is 338 g/mol. The van der Waals surface area contributed by atoms with Gasteiger partial charge in [-0.2, -0.15) is 5.10 Å². The van der Waals surface area contributed by atoms with Gasteiger partial charge in [-0.15, -0.1) is 0 Å². The van der Waals surface area contributed by atoms with Gasteiger partial charge in [0.05, 0.1) is 12.7 Å². The van der Waals surface area contributed by atoms with E-state index in [-0.39, 0.29) is 18.3 Å². The van der Waals surface area contributed by atoms with E-state index in [9.17, 15) is 9.18 Å². The highest BCUT2D eigenvalue weighted by Gasteiger charge is 2.27. The van der Waals surface area contributed by atoms with Crippen LogP contribution in [0.2, 0.25) is 0 Å². The Hall–Kier alpha value is -3.22. The summed E-state index contributed by atoms with van der Waals surface area (Å²) < 4.78 is 20.4. The number of pyridine rings is 1. The highest BCUT2D eigenvalue weighted by molar-refractivity contribution is 6.05. The predicted octanol–water partition coefficient (Wildman–Crippen LogP) is 2.66. The molecular formula is C18H15FN4O2. The first-order valence-corrected chi connectivity index (χ1v) is 7.88. The van der Waals surface area contributed by atoms with Crippen LogP contribution in [0.3, 0.4) is 0 Å². The number of rotatable bonds is 4. The third kappa shape index (κ3) is 3.08. The molecule has 3 heterocycles. The number of anilines is 1. The molecule has 0 saturated carbocycles. The molecule has 3 aromatic rings. The van der Waals surface area contributed by atoms with Gasteiger partial charge in [-0.25, -0.2) is 4.39 Å². The lowest BCUT2D eigenvalue weighted by atomic mass is 10.2. The van der Waals surface area contributed by atoms with Crippen molar-refractivity contribution in [3.05, 3.63) is 72.1 Å². The van der Waals surface area contributed by atoms with E-state index < -0.39 is 0 Å². The van der Waals surface area contributed by atoms with Crippen molar-refractivity contribution in [2.45, 2.75) is 13.2 Å². The standard InChI is InChI=1S/C18H15FN4O2/c19-13-3-5-15(6-4-13)22-8-9-23-17(18(22)24)10-14(21-23)12-25-16-2-1-7-20-11-16/h1-7,10-11H,8-9,12H2. The molecule has 6 nitrogen and oxygen atoms in total. The minimum Gasteiger partial charge on any atom is -0.486 e. The van der Waals surface area contributed by atoms with E-state index >= 15 is 0 Å². The summed E-state index contributed by atoms with van der Waals surface area (Å²) in [5, 5.41) is 4.42. The van der Waals surface area contributed by atoms with Crippen molar-refractivity contribution >= 4 is 11.6 Å². The fourth-order valence-corrected chi connectivity index (χ4v) is 2.77. The zero-order chi connectivity index (χ0) is 17.2. The SMILES string of the molecule is O=C1c2cc(COc3cccnc3)nn2CCN1c1ccc(F)cc1. The number of benzene rings is 1. The first kappa shape index (κ1) is 15.3. The molecule has 0 spiro atoms. The van der Waals surface area contributed by atoms with E-state index in [0.717, 1.165) is 0 Å². The molecule has 0 N–H and O–H groups in total. The van der Waals surface area contributed by atoms with Gasteiger partial charge >= 0.3 is 0 Å². The van der Waals surface area contributed by atoms with Crippen molar-refractivity contribution in [1.82, 2.24) is 14.8 Å². The van der Waals surface area contributed by atoms with Gasteiger partial charge in [-0.1, -0.05) is 0 Å². The Morgan fingerprint density at radius 1 is 1.16 bits per heavy atom. The second kappa shape index (κ2) is 6.35. The minimum absolute atomic E-state index is 0.155. The van der Waals surface area contributed by atoms with E-state index in [1.807, 2.05) is 6.07 Å². The summed E-state index contributed by atoms with van der Waals surface area (Å²) in [5.41, 5.74) is 1.85. The van der Waals surface area contributed by atoms with Crippen LogP contribution in [0.15, 0.2) is 54.9 Å².